The third kappa shape index (κ3) is 4.12. The van der Waals surface area contributed by atoms with E-state index in [0.29, 0.717) is 0 Å². The van der Waals surface area contributed by atoms with Crippen LogP contribution in [0.15, 0.2) is 0 Å². The van der Waals surface area contributed by atoms with Crippen molar-refractivity contribution >= 4 is 5.91 Å². The molecule has 1 fully saturated rings. The van der Waals surface area contributed by atoms with Crippen LogP contribution in [0.25, 0.3) is 0 Å². The Hall–Kier alpha value is -0.570. The van der Waals surface area contributed by atoms with Crippen molar-refractivity contribution in [1.29, 1.82) is 0 Å². The second-order valence-corrected chi connectivity index (χ2v) is 6.26. The highest BCUT2D eigenvalue weighted by Gasteiger charge is 2.28. The summed E-state index contributed by atoms with van der Waals surface area (Å²) in [6.45, 7) is 7.22. The largest absolute Gasteiger partial charge is 0.393 e. The van der Waals surface area contributed by atoms with Crippen LogP contribution in [-0.2, 0) is 4.79 Å². The Morgan fingerprint density at radius 1 is 1.25 bits per heavy atom. The molecule has 1 aliphatic rings. The summed E-state index contributed by atoms with van der Waals surface area (Å²) < 4.78 is 0. The van der Waals surface area contributed by atoms with Crippen LogP contribution in [0.1, 0.15) is 46.5 Å². The lowest BCUT2D eigenvalue weighted by Crippen LogP contribution is -2.39. The van der Waals surface area contributed by atoms with Crippen LogP contribution in [0.4, 0.5) is 0 Å². The molecule has 16 heavy (non-hydrogen) atoms. The van der Waals surface area contributed by atoms with Gasteiger partial charge < -0.3 is 10.0 Å². The van der Waals surface area contributed by atoms with Gasteiger partial charge in [-0.2, -0.15) is 0 Å². The Balaban J connectivity index is 2.45. The number of aliphatic hydroxyl groups excluding tert-OH is 1. The fraction of sp³-hybridized carbons (Fsp3) is 0.923. The molecule has 0 aromatic carbocycles. The summed E-state index contributed by atoms with van der Waals surface area (Å²) in [4.78, 5) is 14.0. The van der Waals surface area contributed by atoms with E-state index in [4.69, 9.17) is 0 Å². The molecular formula is C13H25NO2. The average Bonchev–Trinajstić information content (AvgIpc) is 2.15. The summed E-state index contributed by atoms with van der Waals surface area (Å²) in [5.41, 5.74) is 0.151. The molecule has 1 amide bonds. The second-order valence-electron chi connectivity index (χ2n) is 6.26. The number of rotatable bonds is 2. The zero-order valence-corrected chi connectivity index (χ0v) is 11.0. The first-order valence-corrected chi connectivity index (χ1v) is 6.22. The maximum atomic E-state index is 12.1. The summed E-state index contributed by atoms with van der Waals surface area (Å²) in [5, 5.41) is 9.41. The zero-order valence-electron chi connectivity index (χ0n) is 11.0. The molecule has 1 saturated carbocycles. The molecule has 0 bridgehead atoms. The standard InChI is InChI=1S/C13H25NO2/c1-13(2,3)9-14(4)12(16)10-5-7-11(15)8-6-10/h10-11,15H,5-9H2,1-4H3. The first-order chi connectivity index (χ1) is 7.29. The normalized spacial score (nSPS) is 26.6. The minimum absolute atomic E-state index is 0.135. The van der Waals surface area contributed by atoms with E-state index in [2.05, 4.69) is 20.8 Å². The number of amides is 1. The Kier molecular flexibility index (Phi) is 4.36. The molecule has 3 heteroatoms. The summed E-state index contributed by atoms with van der Waals surface area (Å²) in [6.07, 6.45) is 3.06. The monoisotopic (exact) mass is 227 g/mol. The van der Waals surface area contributed by atoms with Gasteiger partial charge in [-0.05, 0) is 31.1 Å². The molecule has 3 nitrogen and oxygen atoms in total. The van der Waals surface area contributed by atoms with E-state index in [9.17, 15) is 9.90 Å². The van der Waals surface area contributed by atoms with Gasteiger partial charge in [-0.25, -0.2) is 0 Å². The average molecular weight is 227 g/mol. The van der Waals surface area contributed by atoms with Gasteiger partial charge in [-0.3, -0.25) is 4.79 Å². The van der Waals surface area contributed by atoms with Gasteiger partial charge in [0.25, 0.3) is 0 Å². The molecule has 1 N–H and O–H groups in total. The highest BCUT2D eigenvalue weighted by molar-refractivity contribution is 5.78. The van der Waals surface area contributed by atoms with Gasteiger partial charge >= 0.3 is 0 Å². The number of carbonyl (C=O) groups excluding carboxylic acids is 1. The third-order valence-corrected chi connectivity index (χ3v) is 3.13. The van der Waals surface area contributed by atoms with Crippen molar-refractivity contribution in [3.8, 4) is 0 Å². The van der Waals surface area contributed by atoms with Crippen molar-refractivity contribution in [2.75, 3.05) is 13.6 Å². The molecule has 94 valence electrons. The van der Waals surface area contributed by atoms with Crippen LogP contribution < -0.4 is 0 Å². The van der Waals surface area contributed by atoms with Crippen LogP contribution in [0.2, 0.25) is 0 Å². The second kappa shape index (κ2) is 5.17. The van der Waals surface area contributed by atoms with Crippen LogP contribution in [-0.4, -0.2) is 35.6 Å². The lowest BCUT2D eigenvalue weighted by atomic mass is 9.86. The van der Waals surface area contributed by atoms with E-state index in [1.165, 1.54) is 0 Å². The van der Waals surface area contributed by atoms with Crippen molar-refractivity contribution in [2.24, 2.45) is 11.3 Å². The molecule has 0 spiro atoms. The van der Waals surface area contributed by atoms with Gasteiger partial charge in [0.15, 0.2) is 0 Å². The summed E-state index contributed by atoms with van der Waals surface area (Å²) in [7, 11) is 1.89. The molecule has 0 unspecified atom stereocenters. The Morgan fingerprint density at radius 2 is 1.75 bits per heavy atom. The maximum absolute atomic E-state index is 12.1. The fourth-order valence-electron chi connectivity index (χ4n) is 2.42. The summed E-state index contributed by atoms with van der Waals surface area (Å²) in [5.74, 6) is 0.387. The first-order valence-electron chi connectivity index (χ1n) is 6.22. The quantitative estimate of drug-likeness (QED) is 0.784. The van der Waals surface area contributed by atoms with E-state index in [-0.39, 0.29) is 23.3 Å². The highest BCUT2D eigenvalue weighted by Crippen LogP contribution is 2.26. The number of hydrogen-bond acceptors (Lipinski definition) is 2. The highest BCUT2D eigenvalue weighted by atomic mass is 16.3. The van der Waals surface area contributed by atoms with Crippen molar-refractivity contribution in [3.05, 3.63) is 0 Å². The van der Waals surface area contributed by atoms with Gasteiger partial charge in [-0.1, -0.05) is 20.8 Å². The van der Waals surface area contributed by atoms with E-state index in [0.717, 1.165) is 32.2 Å². The number of hydrogen-bond donors (Lipinski definition) is 1. The summed E-state index contributed by atoms with van der Waals surface area (Å²) >= 11 is 0. The van der Waals surface area contributed by atoms with Crippen LogP contribution in [0.3, 0.4) is 0 Å². The van der Waals surface area contributed by atoms with Crippen molar-refractivity contribution in [2.45, 2.75) is 52.6 Å². The van der Waals surface area contributed by atoms with Gasteiger partial charge in [-0.15, -0.1) is 0 Å². The predicted molar refractivity (Wildman–Crippen MR) is 65.1 cm³/mol. The van der Waals surface area contributed by atoms with Crippen molar-refractivity contribution in [3.63, 3.8) is 0 Å². The van der Waals surface area contributed by atoms with Gasteiger partial charge in [0.2, 0.25) is 5.91 Å². The molecule has 0 atom stereocenters. The predicted octanol–water partition coefficient (Wildman–Crippen LogP) is 2.04. The fourth-order valence-corrected chi connectivity index (χ4v) is 2.42. The molecule has 0 aromatic heterocycles. The van der Waals surface area contributed by atoms with Crippen LogP contribution in [0, 0.1) is 11.3 Å². The molecule has 0 radical (unpaired) electrons. The van der Waals surface area contributed by atoms with Crippen LogP contribution in [0.5, 0.6) is 0 Å². The van der Waals surface area contributed by atoms with E-state index in [1.807, 2.05) is 11.9 Å². The van der Waals surface area contributed by atoms with Gasteiger partial charge in [0.05, 0.1) is 6.10 Å². The lowest BCUT2D eigenvalue weighted by Gasteiger charge is -2.32. The zero-order chi connectivity index (χ0) is 12.3. The maximum Gasteiger partial charge on any atom is 0.225 e. The molecule has 0 saturated heterocycles. The minimum Gasteiger partial charge on any atom is -0.393 e. The number of carbonyl (C=O) groups is 1. The Labute approximate surface area is 98.8 Å². The topological polar surface area (TPSA) is 40.5 Å². The smallest absolute Gasteiger partial charge is 0.225 e. The summed E-state index contributed by atoms with van der Waals surface area (Å²) in [6, 6.07) is 0. The molecule has 0 heterocycles. The molecular weight excluding hydrogens is 202 g/mol. The molecule has 0 aromatic rings. The van der Waals surface area contributed by atoms with E-state index < -0.39 is 0 Å². The lowest BCUT2D eigenvalue weighted by molar-refractivity contribution is -0.137. The van der Waals surface area contributed by atoms with Gasteiger partial charge in [0.1, 0.15) is 0 Å². The molecule has 0 aliphatic heterocycles. The van der Waals surface area contributed by atoms with Crippen LogP contribution >= 0.6 is 0 Å². The number of aliphatic hydroxyl groups is 1. The third-order valence-electron chi connectivity index (χ3n) is 3.13. The minimum atomic E-state index is -0.183. The van der Waals surface area contributed by atoms with E-state index in [1.54, 1.807) is 0 Å². The Bertz CT molecular complexity index is 237. The van der Waals surface area contributed by atoms with Crippen molar-refractivity contribution < 1.29 is 9.90 Å². The Morgan fingerprint density at radius 3 is 2.19 bits per heavy atom. The first kappa shape index (κ1) is 13.5. The molecule has 1 rings (SSSR count). The van der Waals surface area contributed by atoms with Crippen molar-refractivity contribution in [1.82, 2.24) is 4.90 Å². The molecule has 1 aliphatic carbocycles. The van der Waals surface area contributed by atoms with Gasteiger partial charge in [0, 0.05) is 19.5 Å². The number of nitrogens with zero attached hydrogens (tertiary/aromatic N) is 1. The van der Waals surface area contributed by atoms with E-state index >= 15 is 0 Å². The SMILES string of the molecule is CN(CC(C)(C)C)C(=O)C1CCC(O)CC1.